The van der Waals surface area contributed by atoms with Gasteiger partial charge in [-0.05, 0) is 100 Å². The summed E-state index contributed by atoms with van der Waals surface area (Å²) in [6, 6.07) is 15.2. The molecule has 6 rings (SSSR count). The fraction of sp³-hybridized carbons (Fsp3) is 0.367. The van der Waals surface area contributed by atoms with Crippen molar-refractivity contribution in [3.05, 3.63) is 72.8 Å². The molecule has 0 atom stereocenters. The maximum Gasteiger partial charge on any atom is 0.290 e. The van der Waals surface area contributed by atoms with Gasteiger partial charge < -0.3 is 25.2 Å². The van der Waals surface area contributed by atoms with Crippen LogP contribution in [0.2, 0.25) is 0 Å². The molecule has 0 bridgehead atoms. The molecule has 2 aliphatic heterocycles. The number of likely N-dealkylation sites (tertiary alicyclic amines) is 1. The van der Waals surface area contributed by atoms with E-state index in [-0.39, 0.29) is 23.2 Å². The van der Waals surface area contributed by atoms with Gasteiger partial charge in [0.2, 0.25) is 16.0 Å². The summed E-state index contributed by atoms with van der Waals surface area (Å²) >= 11 is 0. The first kappa shape index (κ1) is 30.5. The van der Waals surface area contributed by atoms with Gasteiger partial charge in [0, 0.05) is 42.6 Å². The summed E-state index contributed by atoms with van der Waals surface area (Å²) in [7, 11) is -3.66. The third-order valence-electron chi connectivity index (χ3n) is 7.84. The van der Waals surface area contributed by atoms with E-state index in [4.69, 9.17) is 9.90 Å². The first-order valence-corrected chi connectivity index (χ1v) is 15.8. The van der Waals surface area contributed by atoms with Gasteiger partial charge in [-0.1, -0.05) is 6.07 Å². The Morgan fingerprint density at radius 1 is 1.07 bits per heavy atom. The highest BCUT2D eigenvalue weighted by Gasteiger charge is 2.32. The molecule has 0 radical (unpaired) electrons. The number of aromatic nitrogens is 3. The summed E-state index contributed by atoms with van der Waals surface area (Å²) in [5, 5.41) is 13.9. The third kappa shape index (κ3) is 7.19. The number of rotatable bonds is 9. The lowest BCUT2D eigenvalue weighted by atomic mass is 10.1. The molecule has 0 spiro atoms. The number of halogens is 1. The Kier molecular flexibility index (Phi) is 9.97. The number of piperidine rings is 1. The lowest BCUT2D eigenvalue weighted by Gasteiger charge is -2.34. The first-order valence-electron chi connectivity index (χ1n) is 14.4. The number of hydrogen-bond donors (Lipinski definition) is 3. The Morgan fingerprint density at radius 3 is 2.51 bits per heavy atom. The normalized spacial score (nSPS) is 16.2. The highest BCUT2D eigenvalue weighted by atomic mass is 32.2. The molecule has 2 aromatic carbocycles. The molecule has 0 saturated carbocycles. The lowest BCUT2D eigenvalue weighted by Crippen LogP contribution is -2.48. The zero-order chi connectivity index (χ0) is 30.2. The molecule has 3 N–H and O–H groups in total. The molecule has 13 heteroatoms. The molecule has 0 aliphatic carbocycles. The van der Waals surface area contributed by atoms with Gasteiger partial charge in [-0.2, -0.15) is 9.29 Å². The second kappa shape index (κ2) is 14.0. The fourth-order valence-electron chi connectivity index (χ4n) is 5.69. The first-order chi connectivity index (χ1) is 20.9. The Labute approximate surface area is 250 Å². The Balaban J connectivity index is 0.00000118. The van der Waals surface area contributed by atoms with E-state index in [1.807, 2.05) is 6.07 Å². The molecule has 0 unspecified atom stereocenters. The zero-order valence-corrected chi connectivity index (χ0v) is 24.6. The van der Waals surface area contributed by atoms with Gasteiger partial charge in [-0.25, -0.2) is 17.8 Å². The van der Waals surface area contributed by atoms with Crippen molar-refractivity contribution < 1.29 is 22.7 Å². The third-order valence-corrected chi connectivity index (χ3v) is 9.80. The molecule has 2 fully saturated rings. The number of hydrogen-bond acceptors (Lipinski definition) is 8. The summed E-state index contributed by atoms with van der Waals surface area (Å²) < 4.78 is 45.3. The molecule has 43 heavy (non-hydrogen) atoms. The van der Waals surface area contributed by atoms with Crippen LogP contribution in [0, 0.1) is 5.82 Å². The van der Waals surface area contributed by atoms with Crippen molar-refractivity contribution >= 4 is 39.0 Å². The molecule has 11 nitrogen and oxygen atoms in total. The average molecular weight is 610 g/mol. The van der Waals surface area contributed by atoms with Gasteiger partial charge in [-0.15, -0.1) is 0 Å². The van der Waals surface area contributed by atoms with Crippen LogP contribution in [0.5, 0.6) is 0 Å². The van der Waals surface area contributed by atoms with E-state index in [0.29, 0.717) is 34.9 Å². The minimum absolute atomic E-state index is 0.000960. The number of sulfonamides is 1. The van der Waals surface area contributed by atoms with E-state index >= 15 is 0 Å². The maximum absolute atomic E-state index is 14.2. The molecular formula is C30H36FN7O4S. The van der Waals surface area contributed by atoms with Crippen LogP contribution in [0.25, 0.3) is 16.7 Å². The molecule has 2 aromatic heterocycles. The minimum Gasteiger partial charge on any atom is -0.483 e. The Bertz CT molecular complexity index is 1620. The second-order valence-electron chi connectivity index (χ2n) is 10.5. The number of carboxylic acid groups (broad SMARTS) is 1. The molecule has 4 aromatic rings. The van der Waals surface area contributed by atoms with Gasteiger partial charge in [0.25, 0.3) is 6.47 Å². The topological polar surface area (TPSA) is 133 Å². The van der Waals surface area contributed by atoms with E-state index in [0.717, 1.165) is 45.6 Å². The van der Waals surface area contributed by atoms with Crippen molar-refractivity contribution in [2.24, 2.45) is 0 Å². The van der Waals surface area contributed by atoms with Crippen molar-refractivity contribution in [1.82, 2.24) is 29.1 Å². The van der Waals surface area contributed by atoms with Crippen LogP contribution < -0.4 is 10.6 Å². The number of nitrogens with one attached hydrogen (secondary N) is 2. The molecule has 228 valence electrons. The Morgan fingerprint density at radius 2 is 1.79 bits per heavy atom. The molecule has 2 saturated heterocycles. The van der Waals surface area contributed by atoms with Crippen LogP contribution in [-0.4, -0.2) is 89.0 Å². The van der Waals surface area contributed by atoms with Crippen LogP contribution in [0.15, 0.2) is 71.9 Å². The van der Waals surface area contributed by atoms with E-state index in [1.54, 1.807) is 63.7 Å². The lowest BCUT2D eigenvalue weighted by molar-refractivity contribution is -0.122. The highest BCUT2D eigenvalue weighted by Crippen LogP contribution is 2.26. The predicted octanol–water partition coefficient (Wildman–Crippen LogP) is 3.84. The number of benzene rings is 2. The van der Waals surface area contributed by atoms with Crippen molar-refractivity contribution in [3.63, 3.8) is 0 Å². The number of carbonyl (C=O) groups is 1. The molecule has 4 heterocycles. The second-order valence-corrected chi connectivity index (χ2v) is 12.4. The van der Waals surface area contributed by atoms with Crippen LogP contribution in [0.1, 0.15) is 25.7 Å². The highest BCUT2D eigenvalue weighted by molar-refractivity contribution is 7.89. The summed E-state index contributed by atoms with van der Waals surface area (Å²) in [5.74, 6) is 0.662. The van der Waals surface area contributed by atoms with Gasteiger partial charge >= 0.3 is 0 Å². The summed E-state index contributed by atoms with van der Waals surface area (Å²) in [5.41, 5.74) is 1.38. The smallest absolute Gasteiger partial charge is 0.290 e. The van der Waals surface area contributed by atoms with Crippen LogP contribution in [-0.2, 0) is 14.8 Å². The van der Waals surface area contributed by atoms with E-state index in [2.05, 4.69) is 25.5 Å². The summed E-state index contributed by atoms with van der Waals surface area (Å²) in [6.07, 6.45) is 7.40. The molecule has 2 aliphatic rings. The minimum atomic E-state index is -3.66. The van der Waals surface area contributed by atoms with Crippen molar-refractivity contribution in [1.29, 1.82) is 0 Å². The summed E-state index contributed by atoms with van der Waals surface area (Å²) in [4.78, 5) is 19.9. The predicted molar refractivity (Wildman–Crippen MR) is 163 cm³/mol. The van der Waals surface area contributed by atoms with E-state index < -0.39 is 10.0 Å². The maximum atomic E-state index is 14.2. The number of nitrogens with zero attached hydrogens (tertiary/aromatic N) is 5. The molecular weight excluding hydrogens is 573 g/mol. The van der Waals surface area contributed by atoms with Crippen LogP contribution in [0.3, 0.4) is 0 Å². The SMILES string of the molecule is O=CO.O=S(=O)(c1ccc(Nc2nccc(-n3ccc4c(F)cccc43)n2)cc1)N(CCN1CCCC1)C1CCNCC1. The number of anilines is 2. The van der Waals surface area contributed by atoms with Gasteiger partial charge in [0.05, 0.1) is 10.4 Å². The van der Waals surface area contributed by atoms with Gasteiger partial charge in [0.1, 0.15) is 11.6 Å². The largest absolute Gasteiger partial charge is 0.483 e. The van der Waals surface area contributed by atoms with Crippen molar-refractivity contribution in [3.8, 4) is 5.82 Å². The monoisotopic (exact) mass is 609 g/mol. The van der Waals surface area contributed by atoms with Crippen molar-refractivity contribution in [2.75, 3.05) is 44.6 Å². The van der Waals surface area contributed by atoms with E-state index in [1.165, 1.54) is 18.9 Å². The standard InChI is InChI=1S/C29H34FN7O2S.CH2O2/c30-26-4-3-5-27-25(26)13-19-36(27)28-12-16-32-29(34-28)33-22-6-8-24(9-7-22)40(38,39)37(23-10-14-31-15-11-23)21-20-35-17-1-2-18-35;2-1-3/h3-9,12-13,16,19,23,31H,1-2,10-11,14-15,17-18,20-21H2,(H,32,33,34);1H,(H,2,3). The van der Waals surface area contributed by atoms with E-state index in [9.17, 15) is 12.8 Å². The fourth-order valence-corrected chi connectivity index (χ4v) is 7.36. The average Bonchev–Trinajstić information content (AvgIpc) is 3.70. The molecule has 0 amide bonds. The van der Waals surface area contributed by atoms with Crippen molar-refractivity contribution in [2.45, 2.75) is 36.6 Å². The quantitative estimate of drug-likeness (QED) is 0.242. The van der Waals surface area contributed by atoms with Gasteiger partial charge in [0.15, 0.2) is 0 Å². The number of fused-ring (bicyclic) bond motifs is 1. The van der Waals surface area contributed by atoms with Gasteiger partial charge in [-0.3, -0.25) is 4.79 Å². The summed E-state index contributed by atoms with van der Waals surface area (Å²) in [6.45, 7) is 4.76. The zero-order valence-electron chi connectivity index (χ0n) is 23.8. The Hall–Kier alpha value is -3.91. The van der Waals surface area contributed by atoms with Crippen LogP contribution in [0.4, 0.5) is 16.0 Å². The van der Waals surface area contributed by atoms with Crippen LogP contribution >= 0.6 is 0 Å².